The van der Waals surface area contributed by atoms with Gasteiger partial charge in [-0.05, 0) is 24.8 Å². The highest BCUT2D eigenvalue weighted by Gasteiger charge is 2.26. The first-order chi connectivity index (χ1) is 8.25. The third kappa shape index (κ3) is 1.88. The Bertz CT molecular complexity index is 558. The molecule has 2 heterocycles. The Morgan fingerprint density at radius 3 is 3.18 bits per heavy atom. The Balaban J connectivity index is 1.91. The fourth-order valence-electron chi connectivity index (χ4n) is 2.01. The van der Waals surface area contributed by atoms with Gasteiger partial charge in [-0.2, -0.15) is 5.10 Å². The van der Waals surface area contributed by atoms with Gasteiger partial charge >= 0.3 is 0 Å². The summed E-state index contributed by atoms with van der Waals surface area (Å²) in [7, 11) is 1.85. The van der Waals surface area contributed by atoms with E-state index in [4.69, 9.17) is 0 Å². The molecular formula is C12H14N4O. The molecule has 1 saturated carbocycles. The normalized spacial score (nSPS) is 15.1. The molecule has 0 aromatic carbocycles. The van der Waals surface area contributed by atoms with Crippen molar-refractivity contribution in [2.24, 2.45) is 5.92 Å². The van der Waals surface area contributed by atoms with E-state index in [0.29, 0.717) is 17.1 Å². The maximum Gasteiger partial charge on any atom is 0.254 e. The predicted octanol–water partition coefficient (Wildman–Crippen LogP) is 1.44. The zero-order valence-electron chi connectivity index (χ0n) is 9.68. The Morgan fingerprint density at radius 2 is 2.41 bits per heavy atom. The third-order valence-electron chi connectivity index (χ3n) is 3.16. The summed E-state index contributed by atoms with van der Waals surface area (Å²) < 4.78 is 0. The van der Waals surface area contributed by atoms with E-state index in [-0.39, 0.29) is 5.91 Å². The van der Waals surface area contributed by atoms with Crippen molar-refractivity contribution in [3.63, 3.8) is 0 Å². The first kappa shape index (κ1) is 10.3. The smallest absolute Gasteiger partial charge is 0.254 e. The summed E-state index contributed by atoms with van der Waals surface area (Å²) in [4.78, 5) is 18.2. The molecule has 0 unspecified atom stereocenters. The standard InChI is InChI=1S/C12H14N4O/c1-16(7-8-2-3-8)12(17)9-4-5-13-11-10(9)6-14-15-11/h4-6,8H,2-3,7H2,1H3,(H,13,14,15). The van der Waals surface area contributed by atoms with Gasteiger partial charge in [0.2, 0.25) is 0 Å². The van der Waals surface area contributed by atoms with Crippen LogP contribution in [-0.4, -0.2) is 39.6 Å². The van der Waals surface area contributed by atoms with E-state index in [1.165, 1.54) is 12.8 Å². The molecule has 5 nitrogen and oxygen atoms in total. The molecule has 1 N–H and O–H groups in total. The van der Waals surface area contributed by atoms with Gasteiger partial charge in [0.05, 0.1) is 17.1 Å². The van der Waals surface area contributed by atoms with Crippen LogP contribution in [0, 0.1) is 5.92 Å². The maximum atomic E-state index is 12.3. The van der Waals surface area contributed by atoms with Crippen LogP contribution in [0.25, 0.3) is 11.0 Å². The van der Waals surface area contributed by atoms with Crippen molar-refractivity contribution in [2.45, 2.75) is 12.8 Å². The molecule has 0 aliphatic heterocycles. The first-order valence-electron chi connectivity index (χ1n) is 5.79. The number of hydrogen-bond donors (Lipinski definition) is 1. The number of nitrogens with one attached hydrogen (secondary N) is 1. The van der Waals surface area contributed by atoms with E-state index >= 15 is 0 Å². The number of carbonyl (C=O) groups excluding carboxylic acids is 1. The van der Waals surface area contributed by atoms with Crippen LogP contribution in [0.2, 0.25) is 0 Å². The number of rotatable bonds is 3. The molecule has 3 rings (SSSR count). The third-order valence-corrected chi connectivity index (χ3v) is 3.16. The van der Waals surface area contributed by atoms with Crippen LogP contribution in [0.3, 0.4) is 0 Å². The van der Waals surface area contributed by atoms with Gasteiger partial charge in [-0.15, -0.1) is 0 Å². The van der Waals surface area contributed by atoms with Gasteiger partial charge in [0.25, 0.3) is 5.91 Å². The van der Waals surface area contributed by atoms with Crippen LogP contribution in [0.5, 0.6) is 0 Å². The van der Waals surface area contributed by atoms with Crippen molar-refractivity contribution in [3.8, 4) is 0 Å². The van der Waals surface area contributed by atoms with Crippen LogP contribution in [0.15, 0.2) is 18.5 Å². The second-order valence-electron chi connectivity index (χ2n) is 4.62. The minimum atomic E-state index is 0.0469. The van der Waals surface area contributed by atoms with Gasteiger partial charge in [-0.25, -0.2) is 4.98 Å². The second kappa shape index (κ2) is 3.84. The van der Waals surface area contributed by atoms with Gasteiger partial charge in [-0.3, -0.25) is 9.89 Å². The number of fused-ring (bicyclic) bond motifs is 1. The number of hydrogen-bond acceptors (Lipinski definition) is 3. The van der Waals surface area contributed by atoms with Crippen molar-refractivity contribution in [3.05, 3.63) is 24.0 Å². The van der Waals surface area contributed by atoms with Crippen LogP contribution in [0.1, 0.15) is 23.2 Å². The van der Waals surface area contributed by atoms with Gasteiger partial charge in [0.15, 0.2) is 5.65 Å². The minimum Gasteiger partial charge on any atom is -0.341 e. The van der Waals surface area contributed by atoms with E-state index in [0.717, 1.165) is 11.9 Å². The highest BCUT2D eigenvalue weighted by molar-refractivity contribution is 6.04. The maximum absolute atomic E-state index is 12.3. The van der Waals surface area contributed by atoms with Crippen LogP contribution in [-0.2, 0) is 0 Å². The molecule has 1 aliphatic rings. The highest BCUT2D eigenvalue weighted by Crippen LogP contribution is 2.29. The molecule has 5 heteroatoms. The SMILES string of the molecule is CN(CC1CC1)C(=O)c1ccnc2[nH]ncc12. The summed E-state index contributed by atoms with van der Waals surface area (Å²) in [5.74, 6) is 0.747. The average Bonchev–Trinajstić information content (AvgIpc) is 3.01. The fraction of sp³-hybridized carbons (Fsp3) is 0.417. The van der Waals surface area contributed by atoms with Crippen molar-refractivity contribution < 1.29 is 4.79 Å². The van der Waals surface area contributed by atoms with Crippen molar-refractivity contribution in [1.82, 2.24) is 20.1 Å². The lowest BCUT2D eigenvalue weighted by Crippen LogP contribution is -2.28. The molecule has 0 spiro atoms. The summed E-state index contributed by atoms with van der Waals surface area (Å²) in [6, 6.07) is 1.75. The van der Waals surface area contributed by atoms with E-state index in [9.17, 15) is 4.79 Å². The number of carbonyl (C=O) groups is 1. The Morgan fingerprint density at radius 1 is 1.59 bits per heavy atom. The summed E-state index contributed by atoms with van der Waals surface area (Å²) in [6.07, 6.45) is 5.78. The molecule has 0 radical (unpaired) electrons. The van der Waals surface area contributed by atoms with Crippen molar-refractivity contribution in [2.75, 3.05) is 13.6 Å². The number of nitrogens with zero attached hydrogens (tertiary/aromatic N) is 3. The van der Waals surface area contributed by atoms with Gasteiger partial charge in [0.1, 0.15) is 0 Å². The number of aromatic amines is 1. The summed E-state index contributed by atoms with van der Waals surface area (Å²) in [5.41, 5.74) is 1.34. The number of H-pyrrole nitrogens is 1. The molecule has 0 atom stereocenters. The molecule has 2 aromatic heterocycles. The molecule has 1 amide bonds. The molecular weight excluding hydrogens is 216 g/mol. The highest BCUT2D eigenvalue weighted by atomic mass is 16.2. The molecule has 1 fully saturated rings. The summed E-state index contributed by atoms with van der Waals surface area (Å²) in [6.45, 7) is 0.848. The van der Waals surface area contributed by atoms with Crippen LogP contribution >= 0.6 is 0 Å². The van der Waals surface area contributed by atoms with E-state index < -0.39 is 0 Å². The quantitative estimate of drug-likeness (QED) is 0.867. The van der Waals surface area contributed by atoms with E-state index in [1.54, 1.807) is 23.4 Å². The lowest BCUT2D eigenvalue weighted by molar-refractivity contribution is 0.0790. The molecule has 17 heavy (non-hydrogen) atoms. The van der Waals surface area contributed by atoms with Crippen LogP contribution < -0.4 is 0 Å². The average molecular weight is 230 g/mol. The lowest BCUT2D eigenvalue weighted by atomic mass is 10.1. The van der Waals surface area contributed by atoms with Gasteiger partial charge in [0, 0.05) is 19.8 Å². The Labute approximate surface area is 98.8 Å². The number of amides is 1. The second-order valence-corrected chi connectivity index (χ2v) is 4.62. The number of aromatic nitrogens is 3. The largest absolute Gasteiger partial charge is 0.341 e. The zero-order valence-corrected chi connectivity index (χ0v) is 9.68. The van der Waals surface area contributed by atoms with Crippen molar-refractivity contribution in [1.29, 1.82) is 0 Å². The molecule has 0 saturated heterocycles. The zero-order chi connectivity index (χ0) is 11.8. The van der Waals surface area contributed by atoms with E-state index in [1.807, 2.05) is 7.05 Å². The molecule has 88 valence electrons. The monoisotopic (exact) mass is 230 g/mol. The topological polar surface area (TPSA) is 61.9 Å². The van der Waals surface area contributed by atoms with Gasteiger partial charge < -0.3 is 4.90 Å². The summed E-state index contributed by atoms with van der Waals surface area (Å²) >= 11 is 0. The lowest BCUT2D eigenvalue weighted by Gasteiger charge is -2.16. The van der Waals surface area contributed by atoms with Gasteiger partial charge in [-0.1, -0.05) is 0 Å². The minimum absolute atomic E-state index is 0.0469. The fourth-order valence-corrected chi connectivity index (χ4v) is 2.01. The molecule has 2 aromatic rings. The van der Waals surface area contributed by atoms with Crippen molar-refractivity contribution >= 4 is 16.9 Å². The first-order valence-corrected chi connectivity index (χ1v) is 5.79. The molecule has 0 bridgehead atoms. The molecule has 1 aliphatic carbocycles. The van der Waals surface area contributed by atoms with Crippen LogP contribution in [0.4, 0.5) is 0 Å². The Hall–Kier alpha value is -1.91. The Kier molecular flexibility index (Phi) is 2.31. The predicted molar refractivity (Wildman–Crippen MR) is 63.6 cm³/mol. The van der Waals surface area contributed by atoms with E-state index in [2.05, 4.69) is 15.2 Å². The summed E-state index contributed by atoms with van der Waals surface area (Å²) in [5, 5.41) is 7.49. The number of pyridine rings is 1.